The first kappa shape index (κ1) is 20.4. The van der Waals surface area contributed by atoms with Gasteiger partial charge in [0.15, 0.2) is 0 Å². The summed E-state index contributed by atoms with van der Waals surface area (Å²) >= 11 is 1.72. The number of nitrogens with zero attached hydrogens (tertiary/aromatic N) is 6. The highest BCUT2D eigenvalue weighted by Gasteiger charge is 2.22. The van der Waals surface area contributed by atoms with Gasteiger partial charge in [0.2, 0.25) is 17.7 Å². The molecule has 2 aromatic heterocycles. The van der Waals surface area contributed by atoms with E-state index in [4.69, 9.17) is 9.47 Å². The molecule has 5 rings (SSSR count). The lowest BCUT2D eigenvalue weighted by Gasteiger charge is -2.31. The third kappa shape index (κ3) is 5.23. The maximum Gasteiger partial charge on any atom is 0.226 e. The maximum atomic E-state index is 6.10. The normalized spacial score (nSPS) is 17.6. The van der Waals surface area contributed by atoms with Gasteiger partial charge in [-0.15, -0.1) is 11.8 Å². The van der Waals surface area contributed by atoms with Crippen molar-refractivity contribution in [3.8, 4) is 17.5 Å². The van der Waals surface area contributed by atoms with Crippen LogP contribution in [0.3, 0.4) is 0 Å². The van der Waals surface area contributed by atoms with Crippen molar-refractivity contribution in [1.82, 2.24) is 19.9 Å². The smallest absolute Gasteiger partial charge is 0.226 e. The first-order chi connectivity index (χ1) is 15.8. The summed E-state index contributed by atoms with van der Waals surface area (Å²) in [5, 5.41) is 0. The number of hydrogen-bond donors (Lipinski definition) is 0. The van der Waals surface area contributed by atoms with Crippen molar-refractivity contribution in [2.75, 3.05) is 23.9 Å². The quantitative estimate of drug-likeness (QED) is 0.556. The van der Waals surface area contributed by atoms with Crippen LogP contribution >= 0.6 is 11.8 Å². The first-order valence-electron chi connectivity index (χ1n) is 10.4. The van der Waals surface area contributed by atoms with Crippen molar-refractivity contribution in [3.63, 3.8) is 0 Å². The molecule has 4 heterocycles. The summed E-state index contributed by atoms with van der Waals surface area (Å²) < 4.78 is 12.1. The second-order valence-corrected chi connectivity index (χ2v) is 8.37. The second-order valence-electron chi connectivity index (χ2n) is 7.35. The third-order valence-electron chi connectivity index (χ3n) is 5.10. The van der Waals surface area contributed by atoms with Crippen LogP contribution in [0.5, 0.6) is 17.5 Å². The van der Waals surface area contributed by atoms with Crippen molar-refractivity contribution < 1.29 is 9.47 Å². The Hall–Kier alpha value is -3.46. The summed E-state index contributed by atoms with van der Waals surface area (Å²) in [7, 11) is 0. The molecular formula is C23H22N6O2S. The zero-order chi connectivity index (χ0) is 21.6. The summed E-state index contributed by atoms with van der Waals surface area (Å²) in [6.45, 7) is 1.68. The van der Waals surface area contributed by atoms with E-state index in [1.807, 2.05) is 36.5 Å². The fourth-order valence-corrected chi connectivity index (χ4v) is 4.22. The minimum Gasteiger partial charge on any atom is -0.474 e. The van der Waals surface area contributed by atoms with Crippen LogP contribution in [0.2, 0.25) is 0 Å². The van der Waals surface area contributed by atoms with Crippen LogP contribution in [0.15, 0.2) is 65.0 Å². The van der Waals surface area contributed by atoms with Gasteiger partial charge in [0, 0.05) is 49.4 Å². The van der Waals surface area contributed by atoms with E-state index >= 15 is 0 Å². The summed E-state index contributed by atoms with van der Waals surface area (Å²) in [6, 6.07) is 11.4. The molecule has 2 aliphatic rings. The molecule has 32 heavy (non-hydrogen) atoms. The van der Waals surface area contributed by atoms with Crippen LogP contribution in [0.4, 0.5) is 5.95 Å². The highest BCUT2D eigenvalue weighted by Crippen LogP contribution is 2.27. The monoisotopic (exact) mass is 446 g/mol. The molecule has 0 unspecified atom stereocenters. The molecule has 8 nitrogen and oxygen atoms in total. The van der Waals surface area contributed by atoms with Gasteiger partial charge < -0.3 is 14.4 Å². The van der Waals surface area contributed by atoms with Crippen LogP contribution in [-0.2, 0) is 0 Å². The van der Waals surface area contributed by atoms with Crippen molar-refractivity contribution in [3.05, 3.63) is 65.6 Å². The van der Waals surface area contributed by atoms with E-state index in [2.05, 4.69) is 35.9 Å². The average molecular weight is 447 g/mol. The van der Waals surface area contributed by atoms with Gasteiger partial charge in [-0.1, -0.05) is 12.1 Å². The van der Waals surface area contributed by atoms with Gasteiger partial charge >= 0.3 is 0 Å². The number of piperidine rings is 1. The van der Waals surface area contributed by atoms with E-state index in [1.54, 1.807) is 30.2 Å². The Labute approximate surface area is 190 Å². The van der Waals surface area contributed by atoms with Crippen molar-refractivity contribution in [2.45, 2.75) is 18.9 Å². The molecule has 0 amide bonds. The molecule has 0 spiro atoms. The number of allylic oxidation sites excluding steroid dienone is 1. The number of thioether (sulfide) groups is 1. The minimum absolute atomic E-state index is 0.0817. The third-order valence-corrected chi connectivity index (χ3v) is 5.93. The molecule has 0 bridgehead atoms. The molecule has 1 aromatic carbocycles. The summed E-state index contributed by atoms with van der Waals surface area (Å²) in [4.78, 5) is 24.7. The summed E-state index contributed by atoms with van der Waals surface area (Å²) in [5.74, 6) is 3.22. The molecule has 0 aliphatic carbocycles. The Morgan fingerprint density at radius 2 is 1.81 bits per heavy atom. The Morgan fingerprint density at radius 1 is 0.969 bits per heavy atom. The van der Waals surface area contributed by atoms with Gasteiger partial charge in [0.1, 0.15) is 18.2 Å². The molecule has 0 radical (unpaired) electrons. The number of aliphatic imine (C=N–C) groups is 1. The molecule has 162 valence electrons. The number of aromatic nitrogens is 4. The lowest BCUT2D eigenvalue weighted by Crippen LogP contribution is -2.39. The molecule has 0 saturated carbocycles. The lowest BCUT2D eigenvalue weighted by molar-refractivity contribution is 0.162. The SMILES string of the molecule is C1=NCSC1=Cc1cccc(Oc2cc(OC3CCN(c4ncccn4)CC3)ncn2)c1. The lowest BCUT2D eigenvalue weighted by atomic mass is 10.1. The van der Waals surface area contributed by atoms with E-state index in [0.29, 0.717) is 17.5 Å². The summed E-state index contributed by atoms with van der Waals surface area (Å²) in [6.07, 6.45) is 10.8. The Balaban J connectivity index is 1.19. The van der Waals surface area contributed by atoms with E-state index in [9.17, 15) is 0 Å². The van der Waals surface area contributed by atoms with Gasteiger partial charge in [0.05, 0.1) is 11.9 Å². The van der Waals surface area contributed by atoms with Gasteiger partial charge in [-0.25, -0.2) is 19.9 Å². The zero-order valence-electron chi connectivity index (χ0n) is 17.4. The van der Waals surface area contributed by atoms with Gasteiger partial charge in [-0.3, -0.25) is 4.99 Å². The van der Waals surface area contributed by atoms with Crippen molar-refractivity contribution >= 4 is 30.0 Å². The molecule has 0 atom stereocenters. The number of ether oxygens (including phenoxy) is 2. The predicted molar refractivity (Wildman–Crippen MR) is 125 cm³/mol. The number of rotatable bonds is 6. The Bertz CT molecular complexity index is 1120. The van der Waals surface area contributed by atoms with E-state index < -0.39 is 0 Å². The fourth-order valence-electron chi connectivity index (χ4n) is 3.55. The predicted octanol–water partition coefficient (Wildman–Crippen LogP) is 4.22. The zero-order valence-corrected chi connectivity index (χ0v) is 18.2. The minimum atomic E-state index is 0.0817. The molecule has 2 aliphatic heterocycles. The van der Waals surface area contributed by atoms with Crippen LogP contribution in [0.1, 0.15) is 18.4 Å². The molecule has 0 N–H and O–H groups in total. The first-order valence-corrected chi connectivity index (χ1v) is 11.4. The van der Waals surface area contributed by atoms with E-state index in [0.717, 1.165) is 48.2 Å². The van der Waals surface area contributed by atoms with Crippen LogP contribution in [0, 0.1) is 0 Å². The van der Waals surface area contributed by atoms with E-state index in [-0.39, 0.29) is 6.10 Å². The van der Waals surface area contributed by atoms with Crippen LogP contribution in [0.25, 0.3) is 6.08 Å². The van der Waals surface area contributed by atoms with Crippen LogP contribution < -0.4 is 14.4 Å². The van der Waals surface area contributed by atoms with Crippen molar-refractivity contribution in [1.29, 1.82) is 0 Å². The van der Waals surface area contributed by atoms with Gasteiger partial charge in [-0.2, -0.15) is 0 Å². The molecule has 1 fully saturated rings. The fraction of sp³-hybridized carbons (Fsp3) is 0.261. The van der Waals surface area contributed by atoms with E-state index in [1.165, 1.54) is 6.33 Å². The van der Waals surface area contributed by atoms with Gasteiger partial charge in [-0.05, 0) is 29.8 Å². The number of hydrogen-bond acceptors (Lipinski definition) is 9. The Kier molecular flexibility index (Phi) is 6.25. The number of benzene rings is 1. The Morgan fingerprint density at radius 3 is 2.62 bits per heavy atom. The van der Waals surface area contributed by atoms with Crippen LogP contribution in [-0.4, -0.2) is 51.2 Å². The highest BCUT2D eigenvalue weighted by atomic mass is 32.2. The molecule has 1 saturated heterocycles. The number of anilines is 1. The molecule has 9 heteroatoms. The standard InChI is InChI=1S/C23H22N6O2S/c1-3-17(12-20-14-24-16-32-20)11-19(4-1)31-22-13-21(27-15-28-22)30-18-5-9-29(10-6-18)23-25-7-2-8-26-23/h1-4,7-8,11-15,18H,5-6,9-10,16H2. The molecular weight excluding hydrogens is 424 g/mol. The van der Waals surface area contributed by atoms with Gasteiger partial charge in [0.25, 0.3) is 0 Å². The largest absolute Gasteiger partial charge is 0.474 e. The molecule has 3 aromatic rings. The topological polar surface area (TPSA) is 85.6 Å². The second kappa shape index (κ2) is 9.78. The maximum absolute atomic E-state index is 6.10. The average Bonchev–Trinajstić information content (AvgIpc) is 3.34. The highest BCUT2D eigenvalue weighted by molar-refractivity contribution is 8.04. The van der Waals surface area contributed by atoms with Crippen molar-refractivity contribution in [2.24, 2.45) is 4.99 Å². The summed E-state index contributed by atoms with van der Waals surface area (Å²) in [5.41, 5.74) is 1.05.